The fraction of sp³-hybridized carbons (Fsp3) is 0.467. The van der Waals surface area contributed by atoms with Gasteiger partial charge in [-0.3, -0.25) is 0 Å². The lowest BCUT2D eigenvalue weighted by Crippen LogP contribution is -2.42. The molecule has 3 heteroatoms. The van der Waals surface area contributed by atoms with E-state index >= 15 is 0 Å². The van der Waals surface area contributed by atoms with Gasteiger partial charge in [-0.05, 0) is 48.9 Å². The van der Waals surface area contributed by atoms with E-state index in [0.29, 0.717) is 0 Å². The molecule has 1 aromatic heterocycles. The molecule has 0 spiro atoms. The average molecular weight is 246 g/mol. The van der Waals surface area contributed by atoms with Crippen molar-refractivity contribution < 1.29 is 5.11 Å². The summed E-state index contributed by atoms with van der Waals surface area (Å²) in [7, 11) is 0. The van der Waals surface area contributed by atoms with Crippen molar-refractivity contribution >= 4 is 10.9 Å². The molecular weight excluding hydrogens is 224 g/mol. The number of aromatic nitrogens is 1. The van der Waals surface area contributed by atoms with Gasteiger partial charge in [-0.25, -0.2) is 0 Å². The van der Waals surface area contributed by atoms with Crippen LogP contribution in [0.15, 0.2) is 30.5 Å². The molecule has 3 N–H and O–H groups in total. The zero-order chi connectivity index (χ0) is 13.0. The number of aromatic amines is 1. The second-order valence-corrected chi connectivity index (χ2v) is 5.14. The van der Waals surface area contributed by atoms with Crippen LogP contribution in [0.25, 0.3) is 10.9 Å². The van der Waals surface area contributed by atoms with Gasteiger partial charge in [-0.1, -0.05) is 13.0 Å². The lowest BCUT2D eigenvalue weighted by Gasteiger charge is -2.29. The standard InChI is InChI=1S/C15H22N2O/c1-3-15(2,7-9-18)17-11-12-4-5-14-13(10-12)6-8-16-14/h4-6,8,10,16-18H,3,7,9,11H2,1-2H3. The summed E-state index contributed by atoms with van der Waals surface area (Å²) in [5.74, 6) is 0. The summed E-state index contributed by atoms with van der Waals surface area (Å²) in [6, 6.07) is 8.54. The van der Waals surface area contributed by atoms with Crippen LogP contribution in [0.1, 0.15) is 32.3 Å². The summed E-state index contributed by atoms with van der Waals surface area (Å²) >= 11 is 0. The number of hydrogen-bond donors (Lipinski definition) is 3. The second kappa shape index (κ2) is 5.55. The largest absolute Gasteiger partial charge is 0.396 e. The van der Waals surface area contributed by atoms with E-state index in [1.807, 2.05) is 6.20 Å². The molecule has 0 amide bonds. The third kappa shape index (κ3) is 2.92. The maximum absolute atomic E-state index is 9.10. The van der Waals surface area contributed by atoms with Gasteiger partial charge in [0.25, 0.3) is 0 Å². The average Bonchev–Trinajstić information content (AvgIpc) is 2.84. The van der Waals surface area contributed by atoms with Gasteiger partial charge in [-0.2, -0.15) is 0 Å². The third-order valence-corrected chi connectivity index (χ3v) is 3.78. The van der Waals surface area contributed by atoms with Crippen molar-refractivity contribution in [3.05, 3.63) is 36.0 Å². The number of hydrogen-bond acceptors (Lipinski definition) is 2. The van der Waals surface area contributed by atoms with E-state index in [0.717, 1.165) is 19.4 Å². The molecule has 2 rings (SSSR count). The molecule has 1 heterocycles. The SMILES string of the molecule is CCC(C)(CCO)NCc1ccc2[nH]ccc2c1. The van der Waals surface area contributed by atoms with Crippen LogP contribution in [-0.2, 0) is 6.54 Å². The van der Waals surface area contributed by atoms with Crippen molar-refractivity contribution in [1.29, 1.82) is 0 Å². The molecule has 98 valence electrons. The molecule has 0 saturated heterocycles. The summed E-state index contributed by atoms with van der Waals surface area (Å²) in [6.45, 7) is 5.38. The molecule has 0 fully saturated rings. The van der Waals surface area contributed by atoms with Gasteiger partial charge in [0.2, 0.25) is 0 Å². The Labute approximate surface area is 108 Å². The highest BCUT2D eigenvalue weighted by atomic mass is 16.3. The second-order valence-electron chi connectivity index (χ2n) is 5.14. The highest BCUT2D eigenvalue weighted by Gasteiger charge is 2.20. The normalized spacial score (nSPS) is 14.8. The number of aliphatic hydroxyl groups is 1. The first kappa shape index (κ1) is 13.1. The molecule has 0 radical (unpaired) electrons. The summed E-state index contributed by atoms with van der Waals surface area (Å²) in [5, 5.41) is 13.9. The number of aliphatic hydroxyl groups excluding tert-OH is 1. The highest BCUT2D eigenvalue weighted by Crippen LogP contribution is 2.17. The quantitative estimate of drug-likeness (QED) is 0.734. The van der Waals surface area contributed by atoms with E-state index in [-0.39, 0.29) is 12.1 Å². The van der Waals surface area contributed by atoms with E-state index in [1.165, 1.54) is 16.5 Å². The Hall–Kier alpha value is -1.32. The Bertz CT molecular complexity index is 506. The molecule has 1 aromatic carbocycles. The van der Waals surface area contributed by atoms with Crippen molar-refractivity contribution in [1.82, 2.24) is 10.3 Å². The Kier molecular flexibility index (Phi) is 4.04. The van der Waals surface area contributed by atoms with E-state index in [4.69, 9.17) is 5.11 Å². The Morgan fingerprint density at radius 1 is 1.33 bits per heavy atom. The summed E-state index contributed by atoms with van der Waals surface area (Å²) in [5.41, 5.74) is 2.47. The van der Waals surface area contributed by atoms with Gasteiger partial charge >= 0.3 is 0 Å². The van der Waals surface area contributed by atoms with E-state index in [9.17, 15) is 0 Å². The van der Waals surface area contributed by atoms with Crippen molar-refractivity contribution in [3.63, 3.8) is 0 Å². The zero-order valence-corrected chi connectivity index (χ0v) is 11.2. The predicted molar refractivity (Wildman–Crippen MR) is 75.5 cm³/mol. The number of fused-ring (bicyclic) bond motifs is 1. The molecule has 0 aliphatic heterocycles. The summed E-state index contributed by atoms with van der Waals surface area (Å²) in [6.07, 6.45) is 3.76. The van der Waals surface area contributed by atoms with Crippen LogP contribution < -0.4 is 5.32 Å². The maximum Gasteiger partial charge on any atom is 0.0454 e. The zero-order valence-electron chi connectivity index (χ0n) is 11.2. The molecule has 0 aliphatic carbocycles. The molecule has 18 heavy (non-hydrogen) atoms. The van der Waals surface area contributed by atoms with Gasteiger partial charge in [0.1, 0.15) is 0 Å². The van der Waals surface area contributed by atoms with Gasteiger partial charge in [0.05, 0.1) is 0 Å². The van der Waals surface area contributed by atoms with Crippen LogP contribution in [0.3, 0.4) is 0 Å². The van der Waals surface area contributed by atoms with Gasteiger partial charge in [0, 0.05) is 30.4 Å². The van der Waals surface area contributed by atoms with Gasteiger partial charge < -0.3 is 15.4 Å². The molecule has 1 unspecified atom stereocenters. The molecule has 0 saturated carbocycles. The van der Waals surface area contributed by atoms with Crippen LogP contribution in [0.2, 0.25) is 0 Å². The minimum atomic E-state index is 0.0157. The summed E-state index contributed by atoms with van der Waals surface area (Å²) < 4.78 is 0. The highest BCUT2D eigenvalue weighted by molar-refractivity contribution is 5.79. The Morgan fingerprint density at radius 3 is 2.89 bits per heavy atom. The monoisotopic (exact) mass is 246 g/mol. The third-order valence-electron chi connectivity index (χ3n) is 3.78. The van der Waals surface area contributed by atoms with E-state index in [2.05, 4.69) is 48.4 Å². The van der Waals surface area contributed by atoms with Crippen molar-refractivity contribution in [2.24, 2.45) is 0 Å². The predicted octanol–water partition coefficient (Wildman–Crippen LogP) is 2.81. The van der Waals surface area contributed by atoms with Crippen LogP contribution in [-0.4, -0.2) is 22.2 Å². The molecule has 0 aliphatic rings. The molecule has 3 nitrogen and oxygen atoms in total. The number of nitrogens with one attached hydrogen (secondary N) is 2. The molecular formula is C15H22N2O. The lowest BCUT2D eigenvalue weighted by atomic mass is 9.94. The maximum atomic E-state index is 9.10. The van der Waals surface area contributed by atoms with Crippen LogP contribution >= 0.6 is 0 Å². The van der Waals surface area contributed by atoms with E-state index in [1.54, 1.807) is 0 Å². The number of rotatable bonds is 6. The lowest BCUT2D eigenvalue weighted by molar-refractivity contribution is 0.214. The fourth-order valence-electron chi connectivity index (χ4n) is 2.17. The van der Waals surface area contributed by atoms with Crippen molar-refractivity contribution in [2.75, 3.05) is 6.61 Å². The van der Waals surface area contributed by atoms with Crippen molar-refractivity contribution in [2.45, 2.75) is 38.8 Å². The first-order valence-electron chi connectivity index (χ1n) is 6.59. The van der Waals surface area contributed by atoms with Crippen LogP contribution in [0, 0.1) is 0 Å². The Morgan fingerprint density at radius 2 is 2.17 bits per heavy atom. The topological polar surface area (TPSA) is 48.0 Å². The molecule has 1 atom stereocenters. The number of H-pyrrole nitrogens is 1. The minimum absolute atomic E-state index is 0.0157. The smallest absolute Gasteiger partial charge is 0.0454 e. The van der Waals surface area contributed by atoms with Gasteiger partial charge in [-0.15, -0.1) is 0 Å². The van der Waals surface area contributed by atoms with Gasteiger partial charge in [0.15, 0.2) is 0 Å². The molecule has 2 aromatic rings. The van der Waals surface area contributed by atoms with Crippen LogP contribution in [0.5, 0.6) is 0 Å². The van der Waals surface area contributed by atoms with E-state index < -0.39 is 0 Å². The Balaban J connectivity index is 2.04. The summed E-state index contributed by atoms with van der Waals surface area (Å²) in [4.78, 5) is 3.20. The minimum Gasteiger partial charge on any atom is -0.396 e. The first-order valence-corrected chi connectivity index (χ1v) is 6.59. The number of benzene rings is 1. The first-order chi connectivity index (χ1) is 8.67. The fourth-order valence-corrected chi connectivity index (χ4v) is 2.17. The molecule has 0 bridgehead atoms. The van der Waals surface area contributed by atoms with Crippen LogP contribution in [0.4, 0.5) is 0 Å². The van der Waals surface area contributed by atoms with Crippen molar-refractivity contribution in [3.8, 4) is 0 Å².